The molecule has 62 heavy (non-hydrogen) atoms. The predicted molar refractivity (Wildman–Crippen MR) is 255 cm³/mol. The van der Waals surface area contributed by atoms with Gasteiger partial charge in [0.05, 0.1) is 25.4 Å². The number of ether oxygens (including phenoxy) is 2. The summed E-state index contributed by atoms with van der Waals surface area (Å²) < 4.78 is 11.2. The Hall–Kier alpha value is -0.850. The van der Waals surface area contributed by atoms with Gasteiger partial charge in [0.15, 0.2) is 6.29 Å². The van der Waals surface area contributed by atoms with Crippen molar-refractivity contribution >= 4 is 5.91 Å². The number of amides is 1. The lowest BCUT2D eigenvalue weighted by Gasteiger charge is -2.40. The van der Waals surface area contributed by atoms with Crippen LogP contribution in [-0.2, 0) is 14.3 Å². The second-order valence-electron chi connectivity index (χ2n) is 19.2. The molecule has 1 aliphatic rings. The van der Waals surface area contributed by atoms with Gasteiger partial charge in [0, 0.05) is 6.42 Å². The van der Waals surface area contributed by atoms with Crippen LogP contribution >= 0.6 is 0 Å². The van der Waals surface area contributed by atoms with E-state index >= 15 is 0 Å². The Kier molecular flexibility index (Phi) is 40.8. The maximum Gasteiger partial charge on any atom is 0.220 e. The molecule has 8 atom stereocenters. The highest BCUT2D eigenvalue weighted by molar-refractivity contribution is 5.76. The molecule has 1 aliphatic heterocycles. The maximum absolute atomic E-state index is 13.0. The molecule has 1 heterocycles. The van der Waals surface area contributed by atoms with E-state index in [9.17, 15) is 35.4 Å². The van der Waals surface area contributed by atoms with E-state index in [4.69, 9.17) is 9.47 Å². The number of carbonyl (C=O) groups is 1. The van der Waals surface area contributed by atoms with Crippen molar-refractivity contribution in [3.8, 4) is 0 Å². The number of unbranched alkanes of at least 4 members (excludes halogenated alkanes) is 35. The summed E-state index contributed by atoms with van der Waals surface area (Å²) in [5, 5.41) is 65.2. The van der Waals surface area contributed by atoms with Crippen LogP contribution < -0.4 is 5.32 Å². The minimum atomic E-state index is -1.60. The average molecular weight is 886 g/mol. The van der Waals surface area contributed by atoms with Crippen LogP contribution in [0.5, 0.6) is 0 Å². The Bertz CT molecular complexity index is 957. The van der Waals surface area contributed by atoms with E-state index in [-0.39, 0.29) is 18.9 Å². The number of aliphatic hydroxyl groups excluding tert-OH is 6. The number of nitrogens with one attached hydrogen (secondary N) is 1. The topological polar surface area (TPSA) is 169 Å². The van der Waals surface area contributed by atoms with E-state index in [1.54, 1.807) is 0 Å². The van der Waals surface area contributed by atoms with E-state index in [1.807, 2.05) is 0 Å². The first-order valence-corrected chi connectivity index (χ1v) is 26.8. The number of hydrogen-bond donors (Lipinski definition) is 7. The summed E-state index contributed by atoms with van der Waals surface area (Å²) in [5.41, 5.74) is 0. The van der Waals surface area contributed by atoms with Gasteiger partial charge in [-0.2, -0.15) is 0 Å². The van der Waals surface area contributed by atoms with Gasteiger partial charge in [0.1, 0.15) is 30.5 Å². The molecule has 1 saturated heterocycles. The minimum absolute atomic E-state index is 0.253. The predicted octanol–water partition coefficient (Wildman–Crippen LogP) is 11.3. The third-order valence-electron chi connectivity index (χ3n) is 13.3. The fraction of sp³-hybridized carbons (Fsp3) is 0.981. The van der Waals surface area contributed by atoms with Crippen molar-refractivity contribution < 1.29 is 44.9 Å². The lowest BCUT2D eigenvalue weighted by atomic mass is 9.98. The second kappa shape index (κ2) is 42.8. The van der Waals surface area contributed by atoms with Gasteiger partial charge in [-0.3, -0.25) is 4.79 Å². The molecular weight excluding hydrogens is 783 g/mol. The van der Waals surface area contributed by atoms with Crippen LogP contribution in [0.15, 0.2) is 0 Å². The largest absolute Gasteiger partial charge is 0.394 e. The van der Waals surface area contributed by atoms with Crippen LogP contribution in [0.2, 0.25) is 0 Å². The summed E-state index contributed by atoms with van der Waals surface area (Å²) >= 11 is 0. The van der Waals surface area contributed by atoms with Gasteiger partial charge in [0.2, 0.25) is 5.91 Å². The molecule has 1 rings (SSSR count). The van der Waals surface area contributed by atoms with Gasteiger partial charge in [-0.25, -0.2) is 0 Å². The highest BCUT2D eigenvalue weighted by atomic mass is 16.7. The Labute approximate surface area is 381 Å². The lowest BCUT2D eigenvalue weighted by molar-refractivity contribution is -0.303. The van der Waals surface area contributed by atoms with Gasteiger partial charge in [-0.05, 0) is 12.8 Å². The van der Waals surface area contributed by atoms with Crippen LogP contribution in [0.3, 0.4) is 0 Å². The quantitative estimate of drug-likeness (QED) is 0.0294. The minimum Gasteiger partial charge on any atom is -0.394 e. The highest BCUT2D eigenvalue weighted by Gasteiger charge is 2.44. The Balaban J connectivity index is 2.18. The van der Waals surface area contributed by atoms with Crippen LogP contribution in [0.1, 0.15) is 264 Å². The average Bonchev–Trinajstić information content (AvgIpc) is 3.27. The van der Waals surface area contributed by atoms with Gasteiger partial charge >= 0.3 is 0 Å². The summed E-state index contributed by atoms with van der Waals surface area (Å²) in [5.74, 6) is -0.253. The normalized spacial score (nSPS) is 20.7. The first-order chi connectivity index (χ1) is 30.3. The number of aliphatic hydroxyl groups is 6. The van der Waals surface area contributed by atoms with Crippen molar-refractivity contribution in [2.75, 3.05) is 13.2 Å². The van der Waals surface area contributed by atoms with Crippen molar-refractivity contribution in [3.05, 3.63) is 0 Å². The number of hydrogen-bond acceptors (Lipinski definition) is 9. The Morgan fingerprint density at radius 2 is 0.839 bits per heavy atom. The summed E-state index contributed by atoms with van der Waals surface area (Å²) in [6.45, 7) is 3.62. The van der Waals surface area contributed by atoms with E-state index in [0.717, 1.165) is 44.9 Å². The van der Waals surface area contributed by atoms with Gasteiger partial charge in [-0.1, -0.05) is 245 Å². The molecule has 0 bridgehead atoms. The van der Waals surface area contributed by atoms with Gasteiger partial charge in [-0.15, -0.1) is 0 Å². The van der Waals surface area contributed by atoms with Crippen molar-refractivity contribution in [2.45, 2.75) is 313 Å². The lowest BCUT2D eigenvalue weighted by Crippen LogP contribution is -2.60. The van der Waals surface area contributed by atoms with Crippen molar-refractivity contribution in [2.24, 2.45) is 0 Å². The zero-order chi connectivity index (χ0) is 45.3. The first-order valence-electron chi connectivity index (χ1n) is 26.8. The van der Waals surface area contributed by atoms with Crippen molar-refractivity contribution in [1.82, 2.24) is 5.32 Å². The molecule has 0 aromatic rings. The zero-order valence-corrected chi connectivity index (χ0v) is 40.5. The fourth-order valence-electron chi connectivity index (χ4n) is 8.97. The molecule has 0 aliphatic carbocycles. The van der Waals surface area contributed by atoms with E-state index in [0.29, 0.717) is 6.42 Å². The van der Waals surface area contributed by atoms with Crippen LogP contribution in [0, 0.1) is 0 Å². The maximum atomic E-state index is 13.0. The SMILES string of the molecule is CCCCCCCCCCCCCCCCCCCCCCCCCCCCCC(=O)N[C@@H](CO[C@@H]1O[C@H](CO)[C@H](O)C(O)C1O)[C@H](O)[C@H](O)CCCCCCCCCCCC. The second-order valence-corrected chi connectivity index (χ2v) is 19.2. The molecule has 370 valence electrons. The molecular formula is C52H103NO9. The molecule has 7 N–H and O–H groups in total. The molecule has 10 heteroatoms. The summed E-state index contributed by atoms with van der Waals surface area (Å²) in [4.78, 5) is 13.0. The monoisotopic (exact) mass is 886 g/mol. The zero-order valence-electron chi connectivity index (χ0n) is 40.5. The molecule has 10 nitrogen and oxygen atoms in total. The molecule has 1 amide bonds. The van der Waals surface area contributed by atoms with Crippen LogP contribution in [0.4, 0.5) is 0 Å². The van der Waals surface area contributed by atoms with E-state index < -0.39 is 55.6 Å². The molecule has 2 unspecified atom stereocenters. The number of rotatable bonds is 46. The Morgan fingerprint density at radius 1 is 0.500 bits per heavy atom. The van der Waals surface area contributed by atoms with Crippen LogP contribution in [0.25, 0.3) is 0 Å². The molecule has 0 saturated carbocycles. The van der Waals surface area contributed by atoms with Gasteiger partial charge in [0.25, 0.3) is 0 Å². The third kappa shape index (κ3) is 31.9. The molecule has 1 fully saturated rings. The Morgan fingerprint density at radius 3 is 1.19 bits per heavy atom. The highest BCUT2D eigenvalue weighted by Crippen LogP contribution is 2.23. The molecule has 0 aromatic heterocycles. The van der Waals surface area contributed by atoms with Crippen LogP contribution in [-0.4, -0.2) is 98.7 Å². The van der Waals surface area contributed by atoms with Crippen molar-refractivity contribution in [3.63, 3.8) is 0 Å². The summed E-state index contributed by atoms with van der Waals surface area (Å²) in [7, 11) is 0. The van der Waals surface area contributed by atoms with Gasteiger partial charge < -0.3 is 45.4 Å². The summed E-state index contributed by atoms with van der Waals surface area (Å²) in [6.07, 6.45) is 38.6. The summed E-state index contributed by atoms with van der Waals surface area (Å²) in [6, 6.07) is -0.984. The first kappa shape index (κ1) is 59.2. The molecule has 0 radical (unpaired) electrons. The number of carbonyl (C=O) groups excluding carboxylic acids is 1. The smallest absolute Gasteiger partial charge is 0.220 e. The fourth-order valence-corrected chi connectivity index (χ4v) is 8.97. The van der Waals surface area contributed by atoms with Crippen molar-refractivity contribution in [1.29, 1.82) is 0 Å². The molecule has 0 spiro atoms. The molecule has 0 aromatic carbocycles. The van der Waals surface area contributed by atoms with E-state index in [2.05, 4.69) is 19.2 Å². The standard InChI is InChI=1S/C52H103NO9/c1-3-5-7-9-11-13-15-16-17-18-19-20-21-22-23-24-25-26-27-28-29-30-31-33-35-37-39-41-47(56)53-44(43-61-52-51(60)50(59)49(58)46(42-54)62-52)48(57)45(55)40-38-36-34-32-14-12-10-8-6-4-2/h44-46,48-52,54-55,57-60H,3-43H2,1-2H3,(H,53,56)/t44-,45+,46+,48-,49-,50?,51?,52+/m0/s1. The van der Waals surface area contributed by atoms with E-state index in [1.165, 1.54) is 193 Å². The third-order valence-corrected chi connectivity index (χ3v) is 13.3.